The Hall–Kier alpha value is -0.0800. The van der Waals surface area contributed by atoms with Crippen molar-refractivity contribution in [2.75, 3.05) is 6.61 Å². The highest BCUT2D eigenvalue weighted by molar-refractivity contribution is 4.59. The maximum Gasteiger partial charge on any atom is 0.0930 e. The Morgan fingerprint density at radius 3 is 3.10 bits per heavy atom. The summed E-state index contributed by atoms with van der Waals surface area (Å²) < 4.78 is 0. The van der Waals surface area contributed by atoms with Crippen molar-refractivity contribution in [1.82, 2.24) is 0 Å². The maximum atomic E-state index is 5.10. The minimum absolute atomic E-state index is 0.306. The van der Waals surface area contributed by atoms with Gasteiger partial charge in [0.25, 0.3) is 0 Å². The normalized spacial score (nSPS) is 27.9. The van der Waals surface area contributed by atoms with E-state index in [4.69, 9.17) is 9.78 Å². The Bertz CT molecular complexity index is 75.3. The van der Waals surface area contributed by atoms with Crippen LogP contribution in [-0.2, 0) is 9.78 Å². The van der Waals surface area contributed by atoms with Crippen LogP contribution in [0.25, 0.3) is 0 Å². The molecule has 1 aliphatic heterocycles. The molecule has 0 bridgehead atoms. The van der Waals surface area contributed by atoms with Crippen LogP contribution in [0, 0.1) is 6.92 Å². The van der Waals surface area contributed by atoms with Gasteiger partial charge in [0.05, 0.1) is 12.7 Å². The topological polar surface area (TPSA) is 18.5 Å². The lowest BCUT2D eigenvalue weighted by Gasteiger charge is -2.10. The van der Waals surface area contributed by atoms with Crippen molar-refractivity contribution in [3.8, 4) is 0 Å². The van der Waals surface area contributed by atoms with Crippen molar-refractivity contribution in [3.63, 3.8) is 0 Å². The summed E-state index contributed by atoms with van der Waals surface area (Å²) in [5, 5.41) is 0. The van der Waals surface area contributed by atoms with Crippen molar-refractivity contribution in [2.45, 2.75) is 38.2 Å². The summed E-state index contributed by atoms with van der Waals surface area (Å²) in [5.41, 5.74) is 0. The lowest BCUT2D eigenvalue weighted by atomic mass is 10.1. The predicted molar refractivity (Wildman–Crippen MR) is 39.3 cm³/mol. The third-order valence-electron chi connectivity index (χ3n) is 1.73. The van der Waals surface area contributed by atoms with Crippen LogP contribution < -0.4 is 0 Å². The first-order valence-corrected chi connectivity index (χ1v) is 4.01. The van der Waals surface area contributed by atoms with Gasteiger partial charge in [-0.15, -0.1) is 0 Å². The van der Waals surface area contributed by atoms with Gasteiger partial charge in [0, 0.05) is 0 Å². The molecule has 0 aromatic rings. The second-order valence-electron chi connectivity index (χ2n) is 2.68. The Balaban J connectivity index is 2.15. The van der Waals surface area contributed by atoms with Crippen molar-refractivity contribution in [1.29, 1.82) is 0 Å². The van der Waals surface area contributed by atoms with Crippen molar-refractivity contribution in [2.24, 2.45) is 0 Å². The summed E-state index contributed by atoms with van der Waals surface area (Å²) in [6.07, 6.45) is 5.77. The van der Waals surface area contributed by atoms with Crippen molar-refractivity contribution >= 4 is 0 Å². The van der Waals surface area contributed by atoms with E-state index in [1.165, 1.54) is 6.42 Å². The summed E-state index contributed by atoms with van der Waals surface area (Å²) in [6.45, 7) is 4.53. The van der Waals surface area contributed by atoms with E-state index in [-0.39, 0.29) is 0 Å². The fourth-order valence-corrected chi connectivity index (χ4v) is 1.15. The molecule has 59 valence electrons. The third-order valence-corrected chi connectivity index (χ3v) is 1.73. The molecule has 0 saturated carbocycles. The Kier molecular flexibility index (Phi) is 3.76. The highest BCUT2D eigenvalue weighted by Gasteiger charge is 2.11. The monoisotopic (exact) mass is 143 g/mol. The van der Waals surface area contributed by atoms with E-state index in [0.717, 1.165) is 32.3 Å². The molecule has 0 aromatic heterocycles. The lowest BCUT2D eigenvalue weighted by molar-refractivity contribution is -0.318. The van der Waals surface area contributed by atoms with E-state index in [9.17, 15) is 0 Å². The molecule has 1 heterocycles. The molecule has 1 saturated heterocycles. The van der Waals surface area contributed by atoms with Gasteiger partial charge < -0.3 is 0 Å². The fraction of sp³-hybridized carbons (Fsp3) is 0.875. The molecule has 1 radical (unpaired) electrons. The van der Waals surface area contributed by atoms with Gasteiger partial charge in [-0.2, -0.15) is 0 Å². The fourth-order valence-electron chi connectivity index (χ4n) is 1.15. The van der Waals surface area contributed by atoms with Gasteiger partial charge in [-0.05, 0) is 25.7 Å². The number of rotatable bonds is 2. The molecule has 1 unspecified atom stereocenters. The minimum atomic E-state index is 0.306. The second-order valence-corrected chi connectivity index (χ2v) is 2.68. The Morgan fingerprint density at radius 2 is 2.30 bits per heavy atom. The first-order valence-electron chi connectivity index (χ1n) is 4.01. The van der Waals surface area contributed by atoms with Crippen LogP contribution in [0.2, 0.25) is 0 Å². The highest BCUT2D eigenvalue weighted by Crippen LogP contribution is 2.14. The van der Waals surface area contributed by atoms with Crippen LogP contribution >= 0.6 is 0 Å². The average Bonchev–Trinajstić information content (AvgIpc) is 2.17. The number of hydrogen-bond acceptors (Lipinski definition) is 2. The summed E-state index contributed by atoms with van der Waals surface area (Å²) in [5.74, 6) is 0. The van der Waals surface area contributed by atoms with Crippen LogP contribution in [0.3, 0.4) is 0 Å². The van der Waals surface area contributed by atoms with E-state index >= 15 is 0 Å². The van der Waals surface area contributed by atoms with Crippen LogP contribution in [-0.4, -0.2) is 12.7 Å². The molecular weight excluding hydrogens is 128 g/mol. The molecule has 1 aliphatic rings. The Labute approximate surface area is 62.4 Å². The van der Waals surface area contributed by atoms with Crippen LogP contribution in [0.1, 0.15) is 32.1 Å². The third kappa shape index (κ3) is 2.67. The van der Waals surface area contributed by atoms with E-state index in [0.29, 0.717) is 6.10 Å². The zero-order valence-corrected chi connectivity index (χ0v) is 6.34. The zero-order chi connectivity index (χ0) is 7.23. The predicted octanol–water partition coefficient (Wildman–Crippen LogP) is 2.10. The molecule has 0 N–H and O–H groups in total. The molecule has 0 aliphatic carbocycles. The lowest BCUT2D eigenvalue weighted by Crippen LogP contribution is -2.09. The highest BCUT2D eigenvalue weighted by atomic mass is 17.2. The van der Waals surface area contributed by atoms with E-state index < -0.39 is 0 Å². The van der Waals surface area contributed by atoms with Gasteiger partial charge in [0.1, 0.15) is 0 Å². The number of hydrogen-bond donors (Lipinski definition) is 0. The largest absolute Gasteiger partial charge is 0.236 e. The molecular formula is C8H15O2. The van der Waals surface area contributed by atoms with Gasteiger partial charge in [-0.1, -0.05) is 13.3 Å². The van der Waals surface area contributed by atoms with Crippen LogP contribution in [0.4, 0.5) is 0 Å². The van der Waals surface area contributed by atoms with E-state index in [1.54, 1.807) is 0 Å². The van der Waals surface area contributed by atoms with E-state index in [1.807, 2.05) is 0 Å². The molecule has 0 amide bonds. The SMILES string of the molecule is [CH2]CCC1CCCCOO1. The van der Waals surface area contributed by atoms with Gasteiger partial charge in [-0.25, -0.2) is 9.78 Å². The van der Waals surface area contributed by atoms with Crippen LogP contribution in [0.15, 0.2) is 0 Å². The van der Waals surface area contributed by atoms with Gasteiger partial charge in [0.15, 0.2) is 0 Å². The zero-order valence-electron chi connectivity index (χ0n) is 6.34. The maximum absolute atomic E-state index is 5.10. The summed E-state index contributed by atoms with van der Waals surface area (Å²) in [6, 6.07) is 0. The summed E-state index contributed by atoms with van der Waals surface area (Å²) >= 11 is 0. The molecule has 1 rings (SSSR count). The van der Waals surface area contributed by atoms with Crippen LogP contribution in [0.5, 0.6) is 0 Å². The molecule has 1 fully saturated rings. The first-order chi connectivity index (χ1) is 4.93. The smallest absolute Gasteiger partial charge is 0.0930 e. The second kappa shape index (κ2) is 4.69. The quantitative estimate of drug-likeness (QED) is 0.551. The standard InChI is InChI=1S/C8H15O2/c1-2-5-8-6-3-4-7-9-10-8/h8H,1-7H2. The molecule has 0 spiro atoms. The average molecular weight is 143 g/mol. The van der Waals surface area contributed by atoms with E-state index in [2.05, 4.69) is 6.92 Å². The molecule has 2 heteroatoms. The Morgan fingerprint density at radius 1 is 1.40 bits per heavy atom. The van der Waals surface area contributed by atoms with Crippen molar-refractivity contribution in [3.05, 3.63) is 6.92 Å². The molecule has 1 atom stereocenters. The molecule has 0 aromatic carbocycles. The van der Waals surface area contributed by atoms with Gasteiger partial charge in [-0.3, -0.25) is 0 Å². The first kappa shape index (κ1) is 8.02. The molecule has 2 nitrogen and oxygen atoms in total. The van der Waals surface area contributed by atoms with Gasteiger partial charge in [0.2, 0.25) is 0 Å². The summed E-state index contributed by atoms with van der Waals surface area (Å²) in [7, 11) is 0. The van der Waals surface area contributed by atoms with Crippen molar-refractivity contribution < 1.29 is 9.78 Å². The summed E-state index contributed by atoms with van der Waals surface area (Å²) in [4.78, 5) is 10.0. The van der Waals surface area contributed by atoms with Gasteiger partial charge >= 0.3 is 0 Å². The minimum Gasteiger partial charge on any atom is -0.236 e. The molecule has 10 heavy (non-hydrogen) atoms.